The molecule has 17 heavy (non-hydrogen) atoms. The molecule has 1 atom stereocenters. The Balaban J connectivity index is 2.08. The van der Waals surface area contributed by atoms with Crippen LogP contribution in [0.4, 0.5) is 0 Å². The number of nitrogens with zero attached hydrogens (tertiary/aromatic N) is 3. The lowest BCUT2D eigenvalue weighted by Gasteiger charge is -2.29. The average molecular weight is 255 g/mol. The first kappa shape index (κ1) is 12.9. The van der Waals surface area contributed by atoms with Crippen molar-refractivity contribution in [3.8, 4) is 0 Å². The normalized spacial score (nSPS) is 20.5. The molecule has 1 aromatic heterocycles. The second-order valence-electron chi connectivity index (χ2n) is 5.53. The fourth-order valence-corrected chi connectivity index (χ4v) is 2.76. The molecule has 1 aliphatic heterocycles. The van der Waals surface area contributed by atoms with Crippen molar-refractivity contribution in [2.45, 2.75) is 39.2 Å². The van der Waals surface area contributed by atoms with E-state index in [4.69, 9.17) is 4.52 Å². The minimum atomic E-state index is -0.0424. The van der Waals surface area contributed by atoms with E-state index in [0.717, 1.165) is 24.8 Å². The molecular formula is C12H21N3OS. The Labute approximate surface area is 107 Å². The second kappa shape index (κ2) is 4.98. The first-order chi connectivity index (χ1) is 7.98. The number of thioether (sulfide) groups is 1. The predicted octanol–water partition coefficient (Wildman–Crippen LogP) is 2.48. The van der Waals surface area contributed by atoms with Gasteiger partial charge in [0.05, 0.1) is 6.04 Å². The van der Waals surface area contributed by atoms with Crippen LogP contribution in [-0.2, 0) is 5.41 Å². The van der Waals surface area contributed by atoms with E-state index in [2.05, 4.69) is 42.7 Å². The molecule has 1 fully saturated rings. The summed E-state index contributed by atoms with van der Waals surface area (Å²) in [6.07, 6.45) is 0. The van der Waals surface area contributed by atoms with Gasteiger partial charge in [-0.1, -0.05) is 25.9 Å². The molecule has 1 aliphatic rings. The lowest BCUT2D eigenvalue weighted by molar-refractivity contribution is 0.189. The van der Waals surface area contributed by atoms with E-state index in [1.165, 1.54) is 11.5 Å². The Morgan fingerprint density at radius 1 is 1.29 bits per heavy atom. The van der Waals surface area contributed by atoms with Crippen LogP contribution < -0.4 is 0 Å². The van der Waals surface area contributed by atoms with Gasteiger partial charge in [-0.2, -0.15) is 16.7 Å². The van der Waals surface area contributed by atoms with Crippen LogP contribution in [0, 0.1) is 0 Å². The minimum absolute atomic E-state index is 0.0424. The van der Waals surface area contributed by atoms with Crippen molar-refractivity contribution in [1.82, 2.24) is 15.0 Å². The average Bonchev–Trinajstić information content (AvgIpc) is 2.78. The van der Waals surface area contributed by atoms with E-state index < -0.39 is 0 Å². The highest BCUT2D eigenvalue weighted by Gasteiger charge is 2.26. The van der Waals surface area contributed by atoms with Crippen molar-refractivity contribution in [3.63, 3.8) is 0 Å². The molecule has 0 N–H and O–H groups in total. The highest BCUT2D eigenvalue weighted by molar-refractivity contribution is 7.99. The molecule has 1 unspecified atom stereocenters. The molecule has 96 valence electrons. The van der Waals surface area contributed by atoms with Crippen molar-refractivity contribution < 1.29 is 4.52 Å². The Morgan fingerprint density at radius 3 is 2.47 bits per heavy atom. The van der Waals surface area contributed by atoms with E-state index in [1.807, 2.05) is 11.8 Å². The zero-order valence-electron chi connectivity index (χ0n) is 11.1. The minimum Gasteiger partial charge on any atom is -0.338 e. The van der Waals surface area contributed by atoms with E-state index in [0.29, 0.717) is 0 Å². The zero-order valence-corrected chi connectivity index (χ0v) is 11.9. The molecule has 0 bridgehead atoms. The number of rotatable bonds is 2. The van der Waals surface area contributed by atoms with Crippen LogP contribution in [0.2, 0.25) is 0 Å². The monoisotopic (exact) mass is 255 g/mol. The van der Waals surface area contributed by atoms with Crippen LogP contribution >= 0.6 is 11.8 Å². The molecule has 5 heteroatoms. The van der Waals surface area contributed by atoms with Crippen LogP contribution in [0.3, 0.4) is 0 Å². The zero-order chi connectivity index (χ0) is 12.5. The van der Waals surface area contributed by atoms with E-state index in [-0.39, 0.29) is 11.5 Å². The van der Waals surface area contributed by atoms with Crippen molar-refractivity contribution in [2.24, 2.45) is 0 Å². The van der Waals surface area contributed by atoms with E-state index in [9.17, 15) is 0 Å². The Morgan fingerprint density at radius 2 is 1.94 bits per heavy atom. The van der Waals surface area contributed by atoms with Gasteiger partial charge in [-0.25, -0.2) is 0 Å². The summed E-state index contributed by atoms with van der Waals surface area (Å²) in [4.78, 5) is 6.94. The molecule has 2 heterocycles. The topological polar surface area (TPSA) is 42.2 Å². The highest BCUT2D eigenvalue weighted by Crippen LogP contribution is 2.25. The van der Waals surface area contributed by atoms with Gasteiger partial charge in [-0.05, 0) is 6.92 Å². The molecule has 4 nitrogen and oxygen atoms in total. The van der Waals surface area contributed by atoms with Gasteiger partial charge in [-0.15, -0.1) is 0 Å². The Bertz CT molecular complexity index is 366. The summed E-state index contributed by atoms with van der Waals surface area (Å²) in [5.74, 6) is 3.95. The molecule has 2 rings (SSSR count). The summed E-state index contributed by atoms with van der Waals surface area (Å²) in [5.41, 5.74) is -0.0424. The summed E-state index contributed by atoms with van der Waals surface area (Å²) in [6, 6.07) is 0.236. The van der Waals surface area contributed by atoms with Crippen molar-refractivity contribution in [1.29, 1.82) is 0 Å². The van der Waals surface area contributed by atoms with Crippen molar-refractivity contribution in [3.05, 3.63) is 11.7 Å². The second-order valence-corrected chi connectivity index (χ2v) is 6.76. The van der Waals surface area contributed by atoms with Gasteiger partial charge in [0.2, 0.25) is 5.89 Å². The van der Waals surface area contributed by atoms with Crippen molar-refractivity contribution in [2.75, 3.05) is 24.6 Å². The standard InChI is InChI=1S/C12H21N3OS/c1-9(15-5-7-17-8-6-15)10-13-11(14-16-10)12(2,3)4/h9H,5-8H2,1-4H3. The summed E-state index contributed by atoms with van der Waals surface area (Å²) >= 11 is 2.01. The van der Waals surface area contributed by atoms with Gasteiger partial charge in [0.25, 0.3) is 0 Å². The van der Waals surface area contributed by atoms with Crippen LogP contribution in [0.25, 0.3) is 0 Å². The Hall–Kier alpha value is -0.550. The van der Waals surface area contributed by atoms with Crippen molar-refractivity contribution >= 4 is 11.8 Å². The van der Waals surface area contributed by atoms with Gasteiger partial charge < -0.3 is 4.52 Å². The smallest absolute Gasteiger partial charge is 0.243 e. The van der Waals surface area contributed by atoms with Gasteiger partial charge in [0.1, 0.15) is 0 Å². The maximum atomic E-state index is 5.40. The number of hydrogen-bond donors (Lipinski definition) is 0. The van der Waals surface area contributed by atoms with E-state index in [1.54, 1.807) is 0 Å². The first-order valence-corrected chi connectivity index (χ1v) is 7.30. The fourth-order valence-electron chi connectivity index (χ4n) is 1.83. The van der Waals surface area contributed by atoms with Gasteiger partial charge in [0, 0.05) is 30.0 Å². The van der Waals surface area contributed by atoms with Gasteiger partial charge >= 0.3 is 0 Å². The van der Waals surface area contributed by atoms with Crippen LogP contribution in [0.1, 0.15) is 45.5 Å². The molecule has 0 radical (unpaired) electrons. The quantitative estimate of drug-likeness (QED) is 0.812. The van der Waals surface area contributed by atoms with Crippen LogP contribution in [-0.4, -0.2) is 39.6 Å². The summed E-state index contributed by atoms with van der Waals surface area (Å²) in [6.45, 7) is 10.7. The van der Waals surface area contributed by atoms with E-state index >= 15 is 0 Å². The third-order valence-corrected chi connectivity index (χ3v) is 4.01. The third kappa shape index (κ3) is 3.01. The number of hydrogen-bond acceptors (Lipinski definition) is 5. The van der Waals surface area contributed by atoms with Crippen LogP contribution in [0.15, 0.2) is 4.52 Å². The molecule has 0 spiro atoms. The molecule has 1 aromatic rings. The molecule has 0 aromatic carbocycles. The maximum absolute atomic E-state index is 5.40. The third-order valence-electron chi connectivity index (χ3n) is 3.06. The summed E-state index contributed by atoms with van der Waals surface area (Å²) in [7, 11) is 0. The Kier molecular flexibility index (Phi) is 3.78. The maximum Gasteiger partial charge on any atom is 0.243 e. The summed E-state index contributed by atoms with van der Waals surface area (Å²) < 4.78 is 5.40. The summed E-state index contributed by atoms with van der Waals surface area (Å²) in [5, 5.41) is 4.09. The fraction of sp³-hybridized carbons (Fsp3) is 0.833. The highest BCUT2D eigenvalue weighted by atomic mass is 32.2. The lowest BCUT2D eigenvalue weighted by Crippen LogP contribution is -2.35. The SMILES string of the molecule is CC(c1nc(C(C)(C)C)no1)N1CCSCC1. The molecule has 1 saturated heterocycles. The lowest BCUT2D eigenvalue weighted by atomic mass is 9.96. The van der Waals surface area contributed by atoms with Gasteiger partial charge in [0.15, 0.2) is 5.82 Å². The molecule has 0 aliphatic carbocycles. The molecule has 0 amide bonds. The van der Waals surface area contributed by atoms with Gasteiger partial charge in [-0.3, -0.25) is 4.90 Å². The largest absolute Gasteiger partial charge is 0.338 e. The van der Waals surface area contributed by atoms with Crippen LogP contribution in [0.5, 0.6) is 0 Å². The molecular weight excluding hydrogens is 234 g/mol. The number of aromatic nitrogens is 2. The molecule has 0 saturated carbocycles. The first-order valence-electron chi connectivity index (χ1n) is 6.14. The predicted molar refractivity (Wildman–Crippen MR) is 70.3 cm³/mol.